The average Bonchev–Trinajstić information content (AvgIpc) is 3.12. The summed E-state index contributed by atoms with van der Waals surface area (Å²) >= 11 is 0. The quantitative estimate of drug-likeness (QED) is 0.151. The van der Waals surface area contributed by atoms with E-state index in [0.29, 0.717) is 55.5 Å². The highest BCUT2D eigenvalue weighted by Gasteiger charge is 2.57. The van der Waals surface area contributed by atoms with Gasteiger partial charge in [0.1, 0.15) is 0 Å². The predicted molar refractivity (Wildman–Crippen MR) is 155 cm³/mol. The second kappa shape index (κ2) is 15.0. The summed E-state index contributed by atoms with van der Waals surface area (Å²) < 4.78 is 115. The lowest BCUT2D eigenvalue weighted by Crippen LogP contribution is -2.38. The molecule has 3 rings (SSSR count). The molecule has 2 N–H and O–H groups in total. The van der Waals surface area contributed by atoms with Crippen LogP contribution in [0, 0.1) is 11.6 Å². The highest BCUT2D eigenvalue weighted by molar-refractivity contribution is 7.91. The first-order chi connectivity index (χ1) is 20.5. The van der Waals surface area contributed by atoms with E-state index in [1.54, 1.807) is 19.2 Å². The van der Waals surface area contributed by atoms with Gasteiger partial charge in [0.2, 0.25) is 0 Å². The number of sulfone groups is 1. The topological polar surface area (TPSA) is 77.8 Å². The summed E-state index contributed by atoms with van der Waals surface area (Å²) in [5, 5.41) is 19.9. The van der Waals surface area contributed by atoms with Gasteiger partial charge < -0.3 is 15.1 Å². The molecule has 0 radical (unpaired) electrons. The third-order valence-electron chi connectivity index (χ3n) is 7.91. The van der Waals surface area contributed by atoms with Crippen molar-refractivity contribution in [3.63, 3.8) is 0 Å². The first kappa shape index (κ1) is 35.7. The number of alkyl halides is 5. The molecular weight excluding hydrogens is 615 g/mol. The van der Waals surface area contributed by atoms with Crippen molar-refractivity contribution in [3.8, 4) is 11.5 Å². The van der Waals surface area contributed by atoms with Gasteiger partial charge in [0.15, 0.2) is 33.0 Å². The van der Waals surface area contributed by atoms with E-state index in [-0.39, 0.29) is 6.42 Å². The fourth-order valence-corrected chi connectivity index (χ4v) is 6.77. The number of nitrogens with zero attached hydrogens (tertiary/aromatic N) is 1. The van der Waals surface area contributed by atoms with Gasteiger partial charge in [0.05, 0.1) is 11.5 Å². The Morgan fingerprint density at radius 3 is 2.20 bits per heavy atom. The first-order valence-corrected chi connectivity index (χ1v) is 16.4. The van der Waals surface area contributed by atoms with Crippen molar-refractivity contribution in [2.75, 3.05) is 31.6 Å². The number of benzene rings is 2. The second-order valence-electron chi connectivity index (χ2n) is 11.3. The van der Waals surface area contributed by atoms with Crippen LogP contribution in [0.2, 0.25) is 0 Å². The number of halogens is 7. The molecule has 1 aliphatic rings. The van der Waals surface area contributed by atoms with Gasteiger partial charge in [-0.15, -0.1) is 0 Å². The van der Waals surface area contributed by atoms with Crippen LogP contribution in [-0.4, -0.2) is 67.3 Å². The van der Waals surface area contributed by atoms with E-state index in [1.165, 1.54) is 18.2 Å². The van der Waals surface area contributed by atoms with Crippen molar-refractivity contribution in [1.29, 1.82) is 0 Å². The minimum atomic E-state index is -5.78. The normalized spacial score (nSPS) is 14.7. The third-order valence-corrected chi connectivity index (χ3v) is 9.65. The monoisotopic (exact) mass is 653 g/mol. The standard InChI is InChI=1S/C31H38F7NO4S/c1-39(17-7-18-44(42,43)19-15-30(34,35)31(36,37)38)16-5-3-2-4-8-23-22(21-11-13-26(32)28(41)20-21)9-6-10-25-24(23)12-14-27(40)29(25)33/h11-14,20,40-41H,2-10,15-19H2,1H3. The van der Waals surface area contributed by atoms with Gasteiger partial charge in [-0.1, -0.05) is 25.0 Å². The molecule has 44 heavy (non-hydrogen) atoms. The van der Waals surface area contributed by atoms with Crippen molar-refractivity contribution in [2.45, 2.75) is 76.3 Å². The van der Waals surface area contributed by atoms with Crippen molar-refractivity contribution in [3.05, 3.63) is 58.7 Å². The van der Waals surface area contributed by atoms with Crippen LogP contribution in [0.4, 0.5) is 30.7 Å². The second-order valence-corrected chi connectivity index (χ2v) is 13.6. The van der Waals surface area contributed by atoms with E-state index >= 15 is 0 Å². The number of fused-ring (bicyclic) bond motifs is 1. The van der Waals surface area contributed by atoms with Crippen LogP contribution in [0.25, 0.3) is 11.1 Å². The molecule has 0 fully saturated rings. The van der Waals surface area contributed by atoms with E-state index in [2.05, 4.69) is 0 Å². The van der Waals surface area contributed by atoms with E-state index < -0.39 is 63.0 Å². The summed E-state index contributed by atoms with van der Waals surface area (Å²) in [5.74, 6) is -9.04. The molecule has 13 heteroatoms. The molecule has 0 amide bonds. The lowest BCUT2D eigenvalue weighted by molar-refractivity contribution is -0.282. The fraction of sp³-hybridized carbons (Fsp3) is 0.548. The van der Waals surface area contributed by atoms with Crippen LogP contribution < -0.4 is 0 Å². The van der Waals surface area contributed by atoms with Gasteiger partial charge in [0, 0.05) is 6.42 Å². The van der Waals surface area contributed by atoms with E-state index in [1.807, 2.05) is 4.90 Å². The van der Waals surface area contributed by atoms with Crippen molar-refractivity contribution >= 4 is 21.0 Å². The Morgan fingerprint density at radius 2 is 1.52 bits per heavy atom. The summed E-state index contributed by atoms with van der Waals surface area (Å²) in [5.41, 5.74) is 3.54. The highest BCUT2D eigenvalue weighted by Crippen LogP contribution is 2.42. The Labute approximate surface area is 253 Å². The molecule has 0 bridgehead atoms. The Bertz CT molecular complexity index is 1420. The number of phenols is 2. The molecule has 0 aromatic heterocycles. The molecule has 1 aliphatic carbocycles. The minimum Gasteiger partial charge on any atom is -0.505 e. The maximum absolute atomic E-state index is 14.9. The van der Waals surface area contributed by atoms with Gasteiger partial charge in [-0.3, -0.25) is 0 Å². The first-order valence-electron chi connectivity index (χ1n) is 14.6. The van der Waals surface area contributed by atoms with Gasteiger partial charge in [0.25, 0.3) is 0 Å². The molecular formula is C31H38F7NO4S. The molecule has 2 aromatic rings. The lowest BCUT2D eigenvalue weighted by Gasteiger charge is -2.19. The molecule has 246 valence electrons. The molecule has 2 aromatic carbocycles. The molecule has 0 saturated carbocycles. The molecule has 0 unspecified atom stereocenters. The van der Waals surface area contributed by atoms with Crippen molar-refractivity contribution in [1.82, 2.24) is 4.90 Å². The Kier molecular flexibility index (Phi) is 12.2. The van der Waals surface area contributed by atoms with Gasteiger partial charge >= 0.3 is 12.1 Å². The highest BCUT2D eigenvalue weighted by atomic mass is 32.2. The molecule has 5 nitrogen and oxygen atoms in total. The SMILES string of the molecule is CN(CCCCCCC1=C(c2ccc(F)c(O)c2)CCCc2c1ccc(O)c2F)CCCS(=O)(=O)CCC(F)(F)C(F)(F)F. The maximum atomic E-state index is 14.9. The van der Waals surface area contributed by atoms with E-state index in [9.17, 15) is 49.4 Å². The summed E-state index contributed by atoms with van der Waals surface area (Å²) in [7, 11) is -2.28. The minimum absolute atomic E-state index is 0.109. The van der Waals surface area contributed by atoms with Gasteiger partial charge in [-0.05, 0) is 111 Å². The predicted octanol–water partition coefficient (Wildman–Crippen LogP) is 7.90. The summed E-state index contributed by atoms with van der Waals surface area (Å²) in [4.78, 5) is 1.87. The number of unbranched alkanes of at least 4 members (excludes halogenated alkanes) is 3. The molecule has 0 aliphatic heterocycles. The van der Waals surface area contributed by atoms with Gasteiger partial charge in [-0.2, -0.15) is 22.0 Å². The number of rotatable bonds is 15. The van der Waals surface area contributed by atoms with Crippen molar-refractivity contribution in [2.24, 2.45) is 0 Å². The van der Waals surface area contributed by atoms with Crippen LogP contribution in [0.15, 0.2) is 30.3 Å². The fourth-order valence-electron chi connectivity index (χ4n) is 5.43. The number of aromatic hydroxyl groups is 2. The van der Waals surface area contributed by atoms with Crippen molar-refractivity contribution < 1.29 is 49.4 Å². The number of allylic oxidation sites excluding steroid dienone is 2. The van der Waals surface area contributed by atoms with Crippen LogP contribution in [0.3, 0.4) is 0 Å². The third kappa shape index (κ3) is 9.60. The Morgan fingerprint density at radius 1 is 0.841 bits per heavy atom. The van der Waals surface area contributed by atoms with Crippen LogP contribution in [0.5, 0.6) is 11.5 Å². The average molecular weight is 654 g/mol. The number of hydrogen-bond donors (Lipinski definition) is 2. The molecule has 0 atom stereocenters. The Balaban J connectivity index is 1.51. The van der Waals surface area contributed by atoms with Crippen LogP contribution in [-0.2, 0) is 16.3 Å². The largest absolute Gasteiger partial charge is 0.505 e. The lowest BCUT2D eigenvalue weighted by atomic mass is 9.88. The number of hydrogen-bond acceptors (Lipinski definition) is 5. The summed E-state index contributed by atoms with van der Waals surface area (Å²) in [6, 6.07) is 7.15. The summed E-state index contributed by atoms with van der Waals surface area (Å²) in [6.07, 6.45) is -2.09. The molecule has 0 saturated heterocycles. The van der Waals surface area contributed by atoms with Gasteiger partial charge in [-0.25, -0.2) is 17.2 Å². The van der Waals surface area contributed by atoms with Crippen LogP contribution >= 0.6 is 0 Å². The van der Waals surface area contributed by atoms with E-state index in [0.717, 1.165) is 36.8 Å². The zero-order chi connectivity index (χ0) is 32.7. The van der Waals surface area contributed by atoms with E-state index in [4.69, 9.17) is 0 Å². The molecule has 0 heterocycles. The smallest absolute Gasteiger partial charge is 0.453 e. The van der Waals surface area contributed by atoms with Crippen LogP contribution in [0.1, 0.15) is 74.5 Å². The number of phenolic OH excluding ortho intramolecular Hbond substituents is 2. The Hall–Kier alpha value is -2.80. The molecule has 0 spiro atoms. The summed E-state index contributed by atoms with van der Waals surface area (Å²) in [6.45, 7) is 0.965. The zero-order valence-corrected chi connectivity index (χ0v) is 25.3. The zero-order valence-electron chi connectivity index (χ0n) is 24.5. The maximum Gasteiger partial charge on any atom is 0.453 e.